The molecule has 1 amide bonds. The van der Waals surface area contributed by atoms with Crippen LogP contribution < -0.4 is 5.73 Å². The molecule has 1 aromatic heterocycles. The van der Waals surface area contributed by atoms with Gasteiger partial charge in [-0.05, 0) is 19.1 Å². The van der Waals surface area contributed by atoms with Crippen LogP contribution in [0.15, 0.2) is 12.1 Å². The van der Waals surface area contributed by atoms with Gasteiger partial charge in [-0.2, -0.15) is 10.4 Å². The fourth-order valence-corrected chi connectivity index (χ4v) is 1.57. The number of aromatic nitrogens is 2. The molecule has 1 aromatic carbocycles. The first-order valence-corrected chi connectivity index (χ1v) is 5.32. The second kappa shape index (κ2) is 5.12. The number of rotatable bonds is 1. The molecular formula is C12H14N4O. The molecule has 0 atom stereocenters. The highest BCUT2D eigenvalue weighted by atomic mass is 16.1. The van der Waals surface area contributed by atoms with Crippen molar-refractivity contribution in [1.29, 1.82) is 5.26 Å². The Hall–Kier alpha value is -2.35. The lowest BCUT2D eigenvalue weighted by Crippen LogP contribution is -2.11. The van der Waals surface area contributed by atoms with E-state index in [1.807, 2.05) is 13.8 Å². The molecule has 0 bridgehead atoms. The molecule has 88 valence electrons. The van der Waals surface area contributed by atoms with E-state index in [-0.39, 0.29) is 0 Å². The Labute approximate surface area is 99.2 Å². The monoisotopic (exact) mass is 230 g/mol. The molecular weight excluding hydrogens is 216 g/mol. The Balaban J connectivity index is 0.000000686. The van der Waals surface area contributed by atoms with E-state index < -0.39 is 5.91 Å². The fourth-order valence-electron chi connectivity index (χ4n) is 1.57. The van der Waals surface area contributed by atoms with Crippen molar-refractivity contribution in [2.75, 3.05) is 0 Å². The fraction of sp³-hybridized carbons (Fsp3) is 0.250. The molecule has 0 saturated heterocycles. The van der Waals surface area contributed by atoms with Crippen molar-refractivity contribution >= 4 is 16.8 Å². The summed E-state index contributed by atoms with van der Waals surface area (Å²) >= 11 is 0. The molecule has 3 N–H and O–H groups in total. The second-order valence-electron chi connectivity index (χ2n) is 3.21. The van der Waals surface area contributed by atoms with Crippen molar-refractivity contribution in [1.82, 2.24) is 10.2 Å². The van der Waals surface area contributed by atoms with Crippen LogP contribution in [0, 0.1) is 18.3 Å². The number of nitriles is 1. The quantitative estimate of drug-likeness (QED) is 0.782. The topological polar surface area (TPSA) is 95.6 Å². The van der Waals surface area contributed by atoms with Crippen molar-refractivity contribution in [2.45, 2.75) is 20.8 Å². The highest BCUT2D eigenvalue weighted by molar-refractivity contribution is 6.06. The Morgan fingerprint density at radius 1 is 1.47 bits per heavy atom. The lowest BCUT2D eigenvalue weighted by atomic mass is 10.0. The van der Waals surface area contributed by atoms with Crippen molar-refractivity contribution in [3.05, 3.63) is 29.0 Å². The number of nitrogens with one attached hydrogen (secondary N) is 1. The smallest absolute Gasteiger partial charge is 0.250 e. The van der Waals surface area contributed by atoms with Crippen LogP contribution in [0.1, 0.15) is 35.5 Å². The molecule has 0 aliphatic rings. The molecule has 5 heteroatoms. The minimum atomic E-state index is -0.545. The van der Waals surface area contributed by atoms with Gasteiger partial charge in [-0.1, -0.05) is 13.8 Å². The predicted octanol–water partition coefficient (Wildman–Crippen LogP) is 1.87. The molecule has 0 aliphatic carbocycles. The van der Waals surface area contributed by atoms with Crippen LogP contribution in [0.3, 0.4) is 0 Å². The summed E-state index contributed by atoms with van der Waals surface area (Å²) in [4.78, 5) is 11.1. The van der Waals surface area contributed by atoms with Crippen LogP contribution in [-0.2, 0) is 0 Å². The average Bonchev–Trinajstić information content (AvgIpc) is 2.73. The first-order valence-electron chi connectivity index (χ1n) is 5.32. The average molecular weight is 230 g/mol. The third kappa shape index (κ3) is 2.11. The summed E-state index contributed by atoms with van der Waals surface area (Å²) in [5.74, 6) is -0.545. The Morgan fingerprint density at radius 3 is 2.65 bits per heavy atom. The van der Waals surface area contributed by atoms with Crippen LogP contribution in [0.5, 0.6) is 0 Å². The highest BCUT2D eigenvalue weighted by Crippen LogP contribution is 2.22. The van der Waals surface area contributed by atoms with E-state index in [4.69, 9.17) is 11.0 Å². The van der Waals surface area contributed by atoms with E-state index in [9.17, 15) is 4.79 Å². The van der Waals surface area contributed by atoms with Gasteiger partial charge < -0.3 is 5.73 Å². The lowest BCUT2D eigenvalue weighted by Gasteiger charge is -1.98. The Bertz CT molecular complexity index is 592. The number of hydrogen-bond acceptors (Lipinski definition) is 3. The number of carbonyl (C=O) groups is 1. The van der Waals surface area contributed by atoms with Gasteiger partial charge >= 0.3 is 0 Å². The van der Waals surface area contributed by atoms with Gasteiger partial charge in [-0.15, -0.1) is 0 Å². The number of carbonyl (C=O) groups excluding carboxylic acids is 1. The van der Waals surface area contributed by atoms with Crippen LogP contribution in [-0.4, -0.2) is 16.1 Å². The van der Waals surface area contributed by atoms with E-state index in [0.717, 1.165) is 5.69 Å². The maximum absolute atomic E-state index is 11.1. The molecule has 0 saturated carbocycles. The maximum Gasteiger partial charge on any atom is 0.250 e. The summed E-state index contributed by atoms with van der Waals surface area (Å²) in [5, 5.41) is 16.3. The summed E-state index contributed by atoms with van der Waals surface area (Å²) in [7, 11) is 0. The minimum absolute atomic E-state index is 0.327. The number of H-pyrrole nitrogens is 1. The Morgan fingerprint density at radius 2 is 2.12 bits per heavy atom. The summed E-state index contributed by atoms with van der Waals surface area (Å²) < 4.78 is 0. The molecule has 2 aromatic rings. The third-order valence-electron chi connectivity index (χ3n) is 2.27. The first-order chi connectivity index (χ1) is 8.15. The number of hydrogen-bond donors (Lipinski definition) is 2. The number of aryl methyl sites for hydroxylation is 1. The van der Waals surface area contributed by atoms with Crippen LogP contribution in [0.25, 0.3) is 10.9 Å². The molecule has 5 nitrogen and oxygen atoms in total. The lowest BCUT2D eigenvalue weighted by molar-refractivity contribution is 0.100. The van der Waals surface area contributed by atoms with Crippen LogP contribution >= 0.6 is 0 Å². The molecule has 1 heterocycles. The zero-order valence-electron chi connectivity index (χ0n) is 10.0. The van der Waals surface area contributed by atoms with Crippen LogP contribution in [0.4, 0.5) is 0 Å². The van der Waals surface area contributed by atoms with Gasteiger partial charge in [-0.3, -0.25) is 9.89 Å². The van der Waals surface area contributed by atoms with E-state index in [0.29, 0.717) is 22.0 Å². The van der Waals surface area contributed by atoms with E-state index in [1.165, 1.54) is 6.07 Å². The number of nitrogens with zero attached hydrogens (tertiary/aromatic N) is 2. The van der Waals surface area contributed by atoms with Gasteiger partial charge in [0.05, 0.1) is 17.2 Å². The van der Waals surface area contributed by atoms with Gasteiger partial charge in [0.15, 0.2) is 0 Å². The van der Waals surface area contributed by atoms with E-state index >= 15 is 0 Å². The zero-order chi connectivity index (χ0) is 13.0. The van der Waals surface area contributed by atoms with Crippen LogP contribution in [0.2, 0.25) is 0 Å². The van der Waals surface area contributed by atoms with Crippen molar-refractivity contribution in [3.8, 4) is 6.07 Å². The number of fused-ring (bicyclic) bond motifs is 1. The van der Waals surface area contributed by atoms with Crippen molar-refractivity contribution in [3.63, 3.8) is 0 Å². The minimum Gasteiger partial charge on any atom is -0.366 e. The number of benzene rings is 1. The Kier molecular flexibility index (Phi) is 3.83. The third-order valence-corrected chi connectivity index (χ3v) is 2.27. The van der Waals surface area contributed by atoms with Gasteiger partial charge in [-0.25, -0.2) is 0 Å². The summed E-state index contributed by atoms with van der Waals surface area (Å²) in [6, 6.07) is 5.14. The zero-order valence-corrected chi connectivity index (χ0v) is 10.0. The SMILES string of the molecule is CC.Cc1[nH]nc2c(C(N)=O)ccc(C#N)c12. The number of primary amides is 1. The van der Waals surface area contributed by atoms with Gasteiger partial charge in [0.1, 0.15) is 5.52 Å². The van der Waals surface area contributed by atoms with E-state index in [1.54, 1.807) is 13.0 Å². The van der Waals surface area contributed by atoms with Crippen molar-refractivity contribution in [2.24, 2.45) is 5.73 Å². The first kappa shape index (κ1) is 12.7. The molecule has 0 spiro atoms. The number of nitrogens with two attached hydrogens (primary N) is 1. The molecule has 17 heavy (non-hydrogen) atoms. The highest BCUT2D eigenvalue weighted by Gasteiger charge is 2.14. The second-order valence-corrected chi connectivity index (χ2v) is 3.21. The predicted molar refractivity (Wildman–Crippen MR) is 65.4 cm³/mol. The molecule has 0 unspecified atom stereocenters. The molecule has 0 radical (unpaired) electrons. The molecule has 2 rings (SSSR count). The van der Waals surface area contributed by atoms with Crippen molar-refractivity contribution < 1.29 is 4.79 Å². The molecule has 0 fully saturated rings. The van der Waals surface area contributed by atoms with Gasteiger partial charge in [0, 0.05) is 11.1 Å². The van der Waals surface area contributed by atoms with Gasteiger partial charge in [0.2, 0.25) is 0 Å². The standard InChI is InChI=1S/C10H8N4O.C2H6/c1-5-8-6(4-11)2-3-7(10(12)15)9(8)14-13-5;1-2/h2-3H,1H3,(H2,12,15)(H,13,14);1-2H3. The number of aromatic amines is 1. The summed E-state index contributed by atoms with van der Waals surface area (Å²) in [6.45, 7) is 5.79. The number of amides is 1. The summed E-state index contributed by atoms with van der Waals surface area (Å²) in [5.41, 5.74) is 7.23. The largest absolute Gasteiger partial charge is 0.366 e. The van der Waals surface area contributed by atoms with E-state index in [2.05, 4.69) is 16.3 Å². The summed E-state index contributed by atoms with van der Waals surface area (Å²) in [6.07, 6.45) is 0. The maximum atomic E-state index is 11.1. The normalized spacial score (nSPS) is 9.29. The molecule has 0 aliphatic heterocycles. The van der Waals surface area contributed by atoms with Gasteiger partial charge in [0.25, 0.3) is 5.91 Å².